The summed E-state index contributed by atoms with van der Waals surface area (Å²) in [6.07, 6.45) is 0.768. The van der Waals surface area contributed by atoms with E-state index in [0.29, 0.717) is 25.6 Å². The molecule has 0 amide bonds. The molecule has 2 N–H and O–H groups in total. The van der Waals surface area contributed by atoms with E-state index in [1.807, 2.05) is 24.3 Å². The Bertz CT molecular complexity index is 921. The van der Waals surface area contributed by atoms with Crippen LogP contribution in [0.25, 0.3) is 0 Å². The molecule has 0 bridgehead atoms. The second-order valence-corrected chi connectivity index (χ2v) is 10.4. The van der Waals surface area contributed by atoms with Crippen LogP contribution in [0, 0.1) is 0 Å². The molecule has 1 aromatic heterocycles. The van der Waals surface area contributed by atoms with Crippen LogP contribution in [-0.4, -0.2) is 46.8 Å². The third-order valence-electron chi connectivity index (χ3n) is 4.94. The van der Waals surface area contributed by atoms with Crippen molar-refractivity contribution >= 4 is 33.0 Å². The molecular formula is C20H28N4O2S2. The van der Waals surface area contributed by atoms with Gasteiger partial charge < -0.3 is 10.6 Å². The molecule has 1 aliphatic heterocycles. The third kappa shape index (κ3) is 4.67. The molecule has 28 heavy (non-hydrogen) atoms. The molecule has 1 aromatic carbocycles. The minimum atomic E-state index is -3.37. The summed E-state index contributed by atoms with van der Waals surface area (Å²) < 4.78 is 27.1. The normalized spacial score (nSPS) is 14.8. The monoisotopic (exact) mass is 420 g/mol. The van der Waals surface area contributed by atoms with E-state index >= 15 is 0 Å². The van der Waals surface area contributed by atoms with Crippen LogP contribution in [0.1, 0.15) is 24.3 Å². The van der Waals surface area contributed by atoms with Gasteiger partial charge in [0.25, 0.3) is 0 Å². The van der Waals surface area contributed by atoms with Crippen molar-refractivity contribution in [3.8, 4) is 0 Å². The van der Waals surface area contributed by atoms with Gasteiger partial charge >= 0.3 is 0 Å². The van der Waals surface area contributed by atoms with Gasteiger partial charge in [0.05, 0.1) is 11.4 Å². The summed E-state index contributed by atoms with van der Waals surface area (Å²) in [7, 11) is -1.67. The predicted molar refractivity (Wildman–Crippen MR) is 118 cm³/mol. The second-order valence-electron chi connectivity index (χ2n) is 7.48. The van der Waals surface area contributed by atoms with Gasteiger partial charge in [0, 0.05) is 37.0 Å². The first-order valence-corrected chi connectivity index (χ1v) is 11.9. The first-order chi connectivity index (χ1) is 13.3. The summed E-state index contributed by atoms with van der Waals surface area (Å²) in [6, 6.07) is 11.9. The van der Waals surface area contributed by atoms with E-state index in [2.05, 4.69) is 47.0 Å². The summed E-state index contributed by atoms with van der Waals surface area (Å²) in [4.78, 5) is 5.51. The van der Waals surface area contributed by atoms with Crippen LogP contribution in [0.2, 0.25) is 0 Å². The summed E-state index contributed by atoms with van der Waals surface area (Å²) in [6.45, 7) is 5.88. The summed E-state index contributed by atoms with van der Waals surface area (Å²) in [5.41, 5.74) is 1.87. The Morgan fingerprint density at radius 2 is 2.00 bits per heavy atom. The lowest BCUT2D eigenvalue weighted by molar-refractivity contribution is 0.519. The van der Waals surface area contributed by atoms with Crippen LogP contribution in [0.4, 0.5) is 5.69 Å². The Hall–Kier alpha value is -2.06. The standard InChI is InChI=1S/C20H28N4O2S2/c1-20(2,18-9-6-13-27-18)15-23-19(21-3)22-11-14-28(25,26)24-12-10-16-7-4-5-8-17(16)24/h4-9,13H,10-12,14-15H2,1-3H3,(H2,21,22,23). The number of fused-ring (bicyclic) bond motifs is 1. The average molecular weight is 421 g/mol. The molecule has 0 atom stereocenters. The summed E-state index contributed by atoms with van der Waals surface area (Å²) >= 11 is 1.73. The number of anilines is 1. The van der Waals surface area contributed by atoms with Crippen molar-refractivity contribution in [2.75, 3.05) is 36.7 Å². The van der Waals surface area contributed by atoms with Crippen LogP contribution in [-0.2, 0) is 21.9 Å². The molecule has 1 aliphatic rings. The minimum absolute atomic E-state index is 0.0242. The molecule has 8 heteroatoms. The van der Waals surface area contributed by atoms with Crippen LogP contribution in [0.3, 0.4) is 0 Å². The maximum atomic E-state index is 12.8. The Morgan fingerprint density at radius 1 is 1.21 bits per heavy atom. The Morgan fingerprint density at radius 3 is 2.71 bits per heavy atom. The Labute approximate surface area is 171 Å². The van der Waals surface area contributed by atoms with E-state index in [1.54, 1.807) is 18.4 Å². The highest BCUT2D eigenvalue weighted by molar-refractivity contribution is 7.92. The van der Waals surface area contributed by atoms with Gasteiger partial charge in [-0.3, -0.25) is 9.30 Å². The summed E-state index contributed by atoms with van der Waals surface area (Å²) in [5, 5.41) is 8.51. The molecule has 6 nitrogen and oxygen atoms in total. The minimum Gasteiger partial charge on any atom is -0.356 e. The fourth-order valence-corrected chi connectivity index (χ4v) is 5.56. The highest BCUT2D eigenvalue weighted by Gasteiger charge is 2.28. The number of hydrogen-bond donors (Lipinski definition) is 2. The van der Waals surface area contributed by atoms with E-state index in [0.717, 1.165) is 17.7 Å². The van der Waals surface area contributed by atoms with Gasteiger partial charge in [-0.2, -0.15) is 0 Å². The molecule has 152 valence electrons. The number of nitrogens with one attached hydrogen (secondary N) is 2. The number of hydrogen-bond acceptors (Lipinski definition) is 4. The zero-order chi connectivity index (χ0) is 20.2. The van der Waals surface area contributed by atoms with Gasteiger partial charge in [-0.05, 0) is 29.5 Å². The van der Waals surface area contributed by atoms with Crippen molar-refractivity contribution in [2.45, 2.75) is 25.7 Å². The molecule has 0 saturated carbocycles. The predicted octanol–water partition coefficient (Wildman–Crippen LogP) is 2.58. The van der Waals surface area contributed by atoms with Crippen molar-refractivity contribution in [3.63, 3.8) is 0 Å². The van der Waals surface area contributed by atoms with E-state index < -0.39 is 10.0 Å². The number of para-hydroxylation sites is 1. The van der Waals surface area contributed by atoms with E-state index in [9.17, 15) is 8.42 Å². The van der Waals surface area contributed by atoms with Crippen LogP contribution >= 0.6 is 11.3 Å². The maximum Gasteiger partial charge on any atom is 0.236 e. The molecule has 3 rings (SSSR count). The van der Waals surface area contributed by atoms with Gasteiger partial charge in [-0.15, -0.1) is 11.3 Å². The number of aliphatic imine (C=N–C) groups is 1. The lowest BCUT2D eigenvalue weighted by Gasteiger charge is -2.25. The largest absolute Gasteiger partial charge is 0.356 e. The quantitative estimate of drug-likeness (QED) is 0.533. The topological polar surface area (TPSA) is 73.8 Å². The number of benzene rings is 1. The SMILES string of the molecule is CN=C(NCCS(=O)(=O)N1CCc2ccccc21)NCC(C)(C)c1cccs1. The van der Waals surface area contributed by atoms with Gasteiger partial charge in [0.2, 0.25) is 10.0 Å². The molecule has 0 aliphatic carbocycles. The van der Waals surface area contributed by atoms with E-state index in [1.165, 1.54) is 9.18 Å². The van der Waals surface area contributed by atoms with E-state index in [-0.39, 0.29) is 11.2 Å². The first-order valence-electron chi connectivity index (χ1n) is 9.40. The number of nitrogens with zero attached hydrogens (tertiary/aromatic N) is 2. The highest BCUT2D eigenvalue weighted by Crippen LogP contribution is 2.30. The fraction of sp³-hybridized carbons (Fsp3) is 0.450. The second kappa shape index (κ2) is 8.53. The lowest BCUT2D eigenvalue weighted by atomic mass is 9.91. The van der Waals surface area contributed by atoms with Crippen molar-refractivity contribution in [2.24, 2.45) is 4.99 Å². The van der Waals surface area contributed by atoms with Crippen molar-refractivity contribution in [1.82, 2.24) is 10.6 Å². The van der Waals surface area contributed by atoms with Gasteiger partial charge in [0.1, 0.15) is 0 Å². The van der Waals surface area contributed by atoms with Crippen LogP contribution in [0.5, 0.6) is 0 Å². The fourth-order valence-electron chi connectivity index (χ4n) is 3.28. The van der Waals surface area contributed by atoms with Crippen molar-refractivity contribution < 1.29 is 8.42 Å². The lowest BCUT2D eigenvalue weighted by Crippen LogP contribution is -2.45. The number of thiophene rings is 1. The average Bonchev–Trinajstić information content (AvgIpc) is 3.34. The molecular weight excluding hydrogens is 392 g/mol. The zero-order valence-corrected chi connectivity index (χ0v) is 18.2. The zero-order valence-electron chi connectivity index (χ0n) is 16.6. The van der Waals surface area contributed by atoms with Crippen molar-refractivity contribution in [1.29, 1.82) is 0 Å². The highest BCUT2D eigenvalue weighted by atomic mass is 32.2. The Kier molecular flexibility index (Phi) is 6.30. The number of rotatable bonds is 7. The van der Waals surface area contributed by atoms with Gasteiger partial charge in [-0.1, -0.05) is 38.1 Å². The van der Waals surface area contributed by atoms with Crippen LogP contribution < -0.4 is 14.9 Å². The van der Waals surface area contributed by atoms with Crippen molar-refractivity contribution in [3.05, 3.63) is 52.2 Å². The molecule has 0 radical (unpaired) electrons. The van der Waals surface area contributed by atoms with Crippen LogP contribution in [0.15, 0.2) is 46.8 Å². The van der Waals surface area contributed by atoms with Gasteiger partial charge in [0.15, 0.2) is 5.96 Å². The molecule has 0 saturated heterocycles. The summed E-state index contributed by atoms with van der Waals surface area (Å²) in [5.74, 6) is 0.637. The molecule has 0 fully saturated rings. The van der Waals surface area contributed by atoms with E-state index in [4.69, 9.17) is 0 Å². The Balaban J connectivity index is 1.52. The first kappa shape index (κ1) is 20.7. The maximum absolute atomic E-state index is 12.8. The smallest absolute Gasteiger partial charge is 0.236 e. The molecule has 0 unspecified atom stereocenters. The van der Waals surface area contributed by atoms with Gasteiger partial charge in [-0.25, -0.2) is 8.42 Å². The number of sulfonamides is 1. The number of guanidine groups is 1. The molecule has 2 heterocycles. The molecule has 0 spiro atoms. The molecule has 2 aromatic rings. The third-order valence-corrected chi connectivity index (χ3v) is 7.95.